The van der Waals surface area contributed by atoms with Gasteiger partial charge in [0.1, 0.15) is 72.6 Å². The van der Waals surface area contributed by atoms with Crippen LogP contribution in [0.25, 0.3) is 16.5 Å². The van der Waals surface area contributed by atoms with Crippen LogP contribution in [-0.2, 0) is 109 Å². The van der Waals surface area contributed by atoms with Gasteiger partial charge in [-0.05, 0) is 99.4 Å². The Kier molecular flexibility index (Phi) is 38.3. The SMILES string of the molecule is CCCCCc1ccc(C(C)=CC(=O)N[C@@H](Cc2c[nH]c3ccccc23)C(=O)N[C@H](CC(N)=O)C(=O)N[C@@H](CC(=O)O)C(=O)N[C@@H]2C(=O)NCC(=O)N[C@@H](CCCN)C(=O)N[C@@H](CC(=O)O)C(=O)N[C@H](C)C(=O)N[C@@H](CC(=O)O)C(=O)NCC(=O)N[C@H](CO)C(=O)NC([C@H](C)CC(=O)O)C(=O)N[C@@H](CC(=O)c3ccccc3N)C(=O)O[C@@H]2C)cc1. The zero-order chi connectivity index (χ0) is 89.2. The van der Waals surface area contributed by atoms with Crippen molar-refractivity contribution in [2.24, 2.45) is 17.4 Å². The second-order valence-electron chi connectivity index (χ2n) is 28.3. The minimum absolute atomic E-state index is 0.0998. The van der Waals surface area contributed by atoms with Crippen molar-refractivity contribution < 1.29 is 126 Å². The number of ketones is 1. The lowest BCUT2D eigenvalue weighted by Crippen LogP contribution is -2.62. The smallest absolute Gasteiger partial charge is 0.329 e. The molecule has 650 valence electrons. The van der Waals surface area contributed by atoms with Gasteiger partial charge >= 0.3 is 29.8 Å². The van der Waals surface area contributed by atoms with Crippen molar-refractivity contribution in [1.82, 2.24) is 74.1 Å². The number of nitrogen functional groups attached to an aromatic ring is 1. The van der Waals surface area contributed by atoms with Gasteiger partial charge in [0.05, 0.1) is 51.8 Å². The fraction of sp³-hybridized carbons (Fsp3) is 0.455. The summed E-state index contributed by atoms with van der Waals surface area (Å²) in [4.78, 5) is 278. The molecule has 1 aliphatic rings. The van der Waals surface area contributed by atoms with E-state index in [1.807, 2.05) is 40.2 Å². The summed E-state index contributed by atoms with van der Waals surface area (Å²) in [6, 6.07) is -3.37. The molecule has 1 saturated heterocycles. The number of anilines is 1. The van der Waals surface area contributed by atoms with Crippen molar-refractivity contribution in [3.63, 3.8) is 0 Å². The molecule has 1 fully saturated rings. The number of carboxylic acid groups (broad SMARTS) is 4. The molecule has 0 spiro atoms. The number of Topliss-reactive ketones (excluding diaryl/α,β-unsaturated/α-hetero) is 1. The molecular weight excluding hydrogens is 1580 g/mol. The Bertz CT molecular complexity index is 4490. The van der Waals surface area contributed by atoms with E-state index >= 15 is 0 Å². The number of nitrogens with two attached hydrogens (primary N) is 3. The average Bonchev–Trinajstić information content (AvgIpc) is 1.76. The van der Waals surface area contributed by atoms with Crippen LogP contribution in [0.15, 0.2) is 85.1 Å². The van der Waals surface area contributed by atoms with Gasteiger partial charge in [-0.25, -0.2) is 4.79 Å². The van der Waals surface area contributed by atoms with E-state index in [0.29, 0.717) is 27.6 Å². The standard InChI is InChI=1S/C77H101N17O26/c1-6-7-8-14-41-20-22-42(23-21-41)37(2)25-58(98)86-49(27-43-33-81-47-18-12-10-15-44(43)47)71(113)89-50(29-57(80)97)72(114)91-53(32-64(107)108)73(115)94-66-40(5)120-77(119)54(28-56(96)45-16-9-11-17-46(45)79)92-76(118)65(38(3)26-61(101)102)93-74(116)55(36-95)87-60(100)34-82-68(110)51(30-62(103)104)88-67(109)39(4)84-70(112)52(31-63(105)106)90-69(111)48(19-13-24-78)85-59(99)35-83-75(66)117/h9-12,15-18,20-23,25,33,38-40,48-55,65-66,81,95H,6-8,13-14,19,24,26-32,34-36,78-79H2,1-5H3,(H2,80,97)(H,82,110)(H,83,117)(H,84,112)(H,85,99)(H,86,98)(H,87,100)(H,88,109)(H,89,113)(H,90,111)(H,91,114)(H,92,118)(H,93,116)(H,94,115)(H,101,102)(H,103,104)(H,105,106)(H,107,108)/t38-,39-,40-,48+,49+,50-,51+,52+,53+,54+,55-,65?,66+/m1/s1. The molecule has 2 heterocycles. The van der Waals surface area contributed by atoms with Gasteiger partial charge in [-0.3, -0.25) is 91.1 Å². The predicted molar refractivity (Wildman–Crippen MR) is 421 cm³/mol. The Morgan fingerprint density at radius 3 is 1.73 bits per heavy atom. The number of H-pyrrole nitrogens is 1. The summed E-state index contributed by atoms with van der Waals surface area (Å²) in [5, 5.41) is 78.7. The maximum absolute atomic E-state index is 14.9. The van der Waals surface area contributed by atoms with Gasteiger partial charge in [-0.2, -0.15) is 0 Å². The number of para-hydroxylation sites is 2. The number of amides is 14. The van der Waals surface area contributed by atoms with Crippen LogP contribution in [0.2, 0.25) is 0 Å². The van der Waals surface area contributed by atoms with Gasteiger partial charge in [-0.1, -0.05) is 81.3 Å². The number of carbonyl (C=O) groups excluding carboxylic acids is 16. The first kappa shape index (κ1) is 96.8. The van der Waals surface area contributed by atoms with E-state index in [-0.39, 0.29) is 30.6 Å². The Balaban J connectivity index is 1.61. The maximum atomic E-state index is 14.9. The van der Waals surface area contributed by atoms with Crippen LogP contribution < -0.4 is 86.3 Å². The molecule has 0 radical (unpaired) electrons. The molecule has 0 aliphatic carbocycles. The van der Waals surface area contributed by atoms with Crippen molar-refractivity contribution in [1.29, 1.82) is 0 Å². The molecule has 43 heteroatoms. The molecule has 0 saturated carbocycles. The van der Waals surface area contributed by atoms with E-state index in [2.05, 4.69) is 65.1 Å². The normalized spacial score (nSPS) is 20.9. The highest BCUT2D eigenvalue weighted by Crippen LogP contribution is 2.22. The van der Waals surface area contributed by atoms with Crippen LogP contribution in [0.1, 0.15) is 132 Å². The Morgan fingerprint density at radius 1 is 0.575 bits per heavy atom. The average molecular weight is 1680 g/mol. The number of ether oxygens (including phenoxy) is 1. The van der Waals surface area contributed by atoms with Crippen LogP contribution in [0.3, 0.4) is 0 Å². The summed E-state index contributed by atoms with van der Waals surface area (Å²) >= 11 is 0. The summed E-state index contributed by atoms with van der Waals surface area (Å²) < 4.78 is 5.69. The molecule has 1 aliphatic heterocycles. The molecule has 13 atom stereocenters. The number of aliphatic hydroxyl groups is 1. The van der Waals surface area contributed by atoms with Crippen LogP contribution in [0, 0.1) is 5.92 Å². The number of primary amides is 1. The van der Waals surface area contributed by atoms with E-state index in [1.54, 1.807) is 37.4 Å². The number of hydrogen-bond acceptors (Lipinski definition) is 24. The van der Waals surface area contributed by atoms with Gasteiger partial charge < -0.3 is 122 Å². The van der Waals surface area contributed by atoms with Crippen LogP contribution >= 0.6 is 0 Å². The van der Waals surface area contributed by atoms with Crippen molar-refractivity contribution in [3.05, 3.63) is 107 Å². The molecule has 1 unspecified atom stereocenters. The van der Waals surface area contributed by atoms with Crippen molar-refractivity contribution >= 4 is 140 Å². The molecule has 43 nitrogen and oxygen atoms in total. The summed E-state index contributed by atoms with van der Waals surface area (Å²) in [5.74, 6) is -30.2. The molecule has 4 aromatic rings. The Hall–Kier alpha value is -13.7. The largest absolute Gasteiger partial charge is 0.481 e. The van der Waals surface area contributed by atoms with Crippen LogP contribution in [-0.4, -0.2) is 248 Å². The number of unbranched alkanes of at least 4 members (excludes halogenated alkanes) is 2. The monoisotopic (exact) mass is 1680 g/mol. The van der Waals surface area contributed by atoms with Crippen LogP contribution in [0.4, 0.5) is 5.69 Å². The first-order valence-corrected chi connectivity index (χ1v) is 38.0. The quantitative estimate of drug-likeness (QED) is 0.00699. The molecule has 0 bridgehead atoms. The molecule has 120 heavy (non-hydrogen) atoms. The number of rotatable bonds is 33. The maximum Gasteiger partial charge on any atom is 0.329 e. The van der Waals surface area contributed by atoms with Crippen molar-refractivity contribution in [2.75, 3.05) is 32.0 Å². The third kappa shape index (κ3) is 31.4. The van der Waals surface area contributed by atoms with Gasteiger partial charge in [0.25, 0.3) is 0 Å². The fourth-order valence-corrected chi connectivity index (χ4v) is 12.2. The van der Waals surface area contributed by atoms with Gasteiger partial charge in [0.15, 0.2) is 5.78 Å². The number of hydrogen-bond donors (Lipinski definition) is 22. The van der Waals surface area contributed by atoms with E-state index in [1.165, 1.54) is 30.3 Å². The number of esters is 1. The highest BCUT2D eigenvalue weighted by molar-refractivity contribution is 6.06. The number of nitrogens with one attached hydrogen (secondary N) is 14. The van der Waals surface area contributed by atoms with Gasteiger partial charge in [0.2, 0.25) is 82.7 Å². The zero-order valence-electron chi connectivity index (χ0n) is 66.2. The number of carboxylic acids is 4. The third-order valence-electron chi connectivity index (χ3n) is 18.7. The number of carbonyl (C=O) groups is 20. The number of aliphatic carboxylic acids is 4. The topological polar surface area (TPSA) is 702 Å². The number of aryl methyl sites for hydroxylation is 1. The fourth-order valence-electron chi connectivity index (χ4n) is 12.2. The van der Waals surface area contributed by atoms with Crippen LogP contribution in [0.5, 0.6) is 0 Å². The molecular formula is C77H101N17O26. The van der Waals surface area contributed by atoms with Crippen molar-refractivity contribution in [2.45, 2.75) is 191 Å². The number of aliphatic hydroxyl groups excluding tert-OH is 1. The van der Waals surface area contributed by atoms with E-state index in [9.17, 15) is 121 Å². The lowest BCUT2D eigenvalue weighted by Gasteiger charge is -2.30. The molecule has 14 amide bonds. The minimum Gasteiger partial charge on any atom is -0.481 e. The lowest BCUT2D eigenvalue weighted by molar-refractivity contribution is -0.156. The van der Waals surface area contributed by atoms with E-state index < -0.39 is 261 Å². The van der Waals surface area contributed by atoms with Crippen molar-refractivity contribution in [3.8, 4) is 0 Å². The van der Waals surface area contributed by atoms with Gasteiger partial charge in [0, 0.05) is 47.3 Å². The molecule has 1 aromatic heterocycles. The number of aromatic nitrogens is 1. The summed E-state index contributed by atoms with van der Waals surface area (Å²) in [6.45, 7) is 2.75. The number of aromatic amines is 1. The highest BCUT2D eigenvalue weighted by atomic mass is 16.5. The Morgan fingerprint density at radius 2 is 1.13 bits per heavy atom. The van der Waals surface area contributed by atoms with Gasteiger partial charge in [-0.15, -0.1) is 0 Å². The Labute approximate surface area is 685 Å². The number of fused-ring (bicyclic) bond motifs is 1. The predicted octanol–water partition coefficient (Wildman–Crippen LogP) is -4.93. The zero-order valence-corrected chi connectivity index (χ0v) is 66.2. The second-order valence-corrected chi connectivity index (χ2v) is 28.3. The number of allylic oxidation sites excluding steroid dienone is 1. The number of benzene rings is 3. The summed E-state index contributed by atoms with van der Waals surface area (Å²) in [6.07, 6.45) is -3.41. The first-order chi connectivity index (χ1) is 56.7. The second kappa shape index (κ2) is 47.5. The molecule has 5 rings (SSSR count). The summed E-state index contributed by atoms with van der Waals surface area (Å²) in [7, 11) is 0. The summed E-state index contributed by atoms with van der Waals surface area (Å²) in [5.41, 5.74) is 20.3. The highest BCUT2D eigenvalue weighted by Gasteiger charge is 2.41. The van der Waals surface area contributed by atoms with E-state index in [0.717, 1.165) is 52.0 Å². The van der Waals surface area contributed by atoms with E-state index in [4.69, 9.17) is 21.9 Å². The molecule has 3 aromatic carbocycles. The first-order valence-electron chi connectivity index (χ1n) is 38.0. The minimum atomic E-state index is -2.47. The number of cyclic esters (lactones) is 1. The third-order valence-corrected chi connectivity index (χ3v) is 18.7. The lowest BCUT2D eigenvalue weighted by atomic mass is 9.96. The molecule has 25 N–H and O–H groups in total.